The van der Waals surface area contributed by atoms with Gasteiger partial charge in [0.1, 0.15) is 0 Å². The molecule has 6 atom stereocenters. The normalized spacial score (nSPS) is 22.8. The summed E-state index contributed by atoms with van der Waals surface area (Å²) < 4.78 is 105. The summed E-state index contributed by atoms with van der Waals surface area (Å²) in [6, 6.07) is 50.2. The average Bonchev–Trinajstić information content (AvgIpc) is 1.55. The molecule has 6 aliphatic rings. The number of unbranched alkanes of at least 4 members (excludes halogenated alkanes) is 5. The molecule has 5 saturated heterocycles. The summed E-state index contributed by atoms with van der Waals surface area (Å²) in [6.07, 6.45) is 12.4. The first kappa shape index (κ1) is 67.7. The van der Waals surface area contributed by atoms with E-state index in [1.54, 1.807) is 4.60 Å². The van der Waals surface area contributed by atoms with Gasteiger partial charge in [0, 0.05) is 0 Å². The van der Waals surface area contributed by atoms with Gasteiger partial charge >= 0.3 is 530 Å². The van der Waals surface area contributed by atoms with E-state index in [1.807, 2.05) is 121 Å². The predicted octanol–water partition coefficient (Wildman–Crippen LogP) is 14.6. The number of nitrogens with one attached hydrogen (secondary N) is 1. The third kappa shape index (κ3) is 20.9. The molecule has 12 rings (SSSR count). The first-order chi connectivity index (χ1) is 46.0. The van der Waals surface area contributed by atoms with Gasteiger partial charge in [0.25, 0.3) is 0 Å². The molecule has 1 N–H and O–H groups in total. The van der Waals surface area contributed by atoms with E-state index in [1.165, 1.54) is 0 Å². The van der Waals surface area contributed by atoms with E-state index in [0.29, 0.717) is 133 Å². The molecule has 6 aromatic rings. The van der Waals surface area contributed by atoms with E-state index in [-0.39, 0.29) is 30.5 Å². The summed E-state index contributed by atoms with van der Waals surface area (Å²) in [5.74, 6) is 3.08. The number of rotatable bonds is 47. The van der Waals surface area contributed by atoms with Crippen LogP contribution in [0.15, 0.2) is 156 Å². The topological polar surface area (TPSA) is 192 Å². The zero-order chi connectivity index (χ0) is 63.1. The zero-order valence-corrected chi connectivity index (χ0v) is 56.1. The zero-order valence-electron chi connectivity index (χ0n) is 53.4. The second-order valence-corrected chi connectivity index (χ2v) is 30.8. The van der Waals surface area contributed by atoms with Gasteiger partial charge in [-0.2, -0.15) is 0 Å². The summed E-state index contributed by atoms with van der Waals surface area (Å²) in [5.41, 5.74) is 4.67. The Balaban J connectivity index is 1.00. The number of benzene rings is 6. The Bertz CT molecular complexity index is 3050. The quantitative estimate of drug-likeness (QED) is 0.0215. The molecule has 0 bridgehead atoms. The Morgan fingerprint density at radius 2 is 0.656 bits per heavy atom. The number of nitrogens with zero attached hydrogens (tertiary/aromatic N) is 2. The van der Waals surface area contributed by atoms with Crippen LogP contribution in [-0.2, 0) is 79.5 Å². The fourth-order valence-electron chi connectivity index (χ4n) is 10.8. The number of para-hydroxylation sites is 6. The van der Waals surface area contributed by atoms with Gasteiger partial charge in [-0.3, -0.25) is 0 Å². The molecule has 0 spiro atoms. The van der Waals surface area contributed by atoms with Gasteiger partial charge in [0.05, 0.1) is 13.2 Å². The van der Waals surface area contributed by atoms with Crippen molar-refractivity contribution in [2.24, 2.45) is 4.52 Å². The van der Waals surface area contributed by atoms with E-state index in [9.17, 15) is 0 Å². The second-order valence-electron chi connectivity index (χ2n) is 24.2. The average molecular weight is 1340 g/mol. The molecule has 5 fully saturated rings. The summed E-state index contributed by atoms with van der Waals surface area (Å²) in [7, 11) is -10.6. The van der Waals surface area contributed by atoms with E-state index in [4.69, 9.17) is 79.3 Å². The Kier molecular flexibility index (Phi) is 25.2. The van der Waals surface area contributed by atoms with Crippen LogP contribution >= 0.6 is 24.1 Å². The molecule has 6 unspecified atom stereocenters. The minimum absolute atomic E-state index is 0.186. The monoisotopic (exact) mass is 1340 g/mol. The number of hydrogen-bond donors (Lipinski definition) is 1. The molecule has 0 aromatic heterocycles. The maximum absolute atomic E-state index is 8.23. The van der Waals surface area contributed by atoms with E-state index < -0.39 is 24.1 Å². The van der Waals surface area contributed by atoms with Crippen LogP contribution in [0.5, 0.6) is 34.5 Å². The molecule has 0 radical (unpaired) electrons. The van der Waals surface area contributed by atoms with Gasteiger partial charge in [0.15, 0.2) is 0 Å². The predicted molar refractivity (Wildman–Crippen MR) is 359 cm³/mol. The molecule has 6 aliphatic heterocycles. The van der Waals surface area contributed by atoms with Crippen molar-refractivity contribution in [3.05, 3.63) is 179 Å². The van der Waals surface area contributed by atoms with Crippen molar-refractivity contribution >= 4 is 24.1 Å². The van der Waals surface area contributed by atoms with Gasteiger partial charge in [-0.15, -0.1) is 0 Å². The van der Waals surface area contributed by atoms with Gasteiger partial charge in [0.2, 0.25) is 0 Å². The molecular weight excluding hydrogens is 1240 g/mol. The fraction of sp³-hybridized carbons (Fsp3) is 0.493. The second kappa shape index (κ2) is 34.6. The molecule has 93 heavy (non-hydrogen) atoms. The molecule has 22 heteroatoms. The molecule has 19 nitrogen and oxygen atoms in total. The van der Waals surface area contributed by atoms with Crippen LogP contribution in [-0.4, -0.2) is 134 Å². The maximum atomic E-state index is 8.23. The van der Waals surface area contributed by atoms with Crippen LogP contribution < -0.4 is 32.3 Å². The molecule has 6 heterocycles. The van der Waals surface area contributed by atoms with Crippen molar-refractivity contribution in [2.45, 2.75) is 127 Å². The van der Waals surface area contributed by atoms with Crippen molar-refractivity contribution in [3.8, 4) is 34.5 Å². The molecule has 0 saturated carbocycles. The summed E-state index contributed by atoms with van der Waals surface area (Å²) in [5, 5.41) is 0. The Hall–Kier alpha value is -5.27. The Labute approximate surface area is 550 Å². The standard InChI is InChI=1S/C71H92N3O16P3/c1-2-34-61(35-3-1)85-74-92(86-67-36-9-4-24-56(67)29-14-19-41-75-46-62-51-80-62,87-68-37-10-5-25-57(68)30-15-20-42-76-47-63-52-81-63)72-91-73-93(74,88-69-38-11-6-26-58(69)31-16-21-43-77-48-64-53-82-64,89-70-39-12-7-27-59(70)32-17-22-44-78-49-65-54-83-65)90-71-40-13-8-28-60(71)33-18-23-45-79-50-66-55-84-66/h1-13,24-28,34-40,62-66,73,91H,14-23,29-33,41-55H2. The summed E-state index contributed by atoms with van der Waals surface area (Å²) >= 11 is 0. The van der Waals surface area contributed by atoms with Gasteiger partial charge in [-0.25, -0.2) is 0 Å². The van der Waals surface area contributed by atoms with E-state index in [0.717, 1.165) is 125 Å². The first-order valence-electron chi connectivity index (χ1n) is 33.5. The van der Waals surface area contributed by atoms with Crippen molar-refractivity contribution in [1.29, 1.82) is 0 Å². The minimum atomic E-state index is -5.79. The van der Waals surface area contributed by atoms with Crippen LogP contribution in [0.4, 0.5) is 0 Å². The van der Waals surface area contributed by atoms with Crippen LogP contribution in [0.2, 0.25) is 0 Å². The van der Waals surface area contributed by atoms with Gasteiger partial charge in [-0.05, 0) is 0 Å². The number of ether oxygens (including phenoxy) is 10. The third-order valence-electron chi connectivity index (χ3n) is 16.4. The molecule has 0 aliphatic carbocycles. The van der Waals surface area contributed by atoms with Crippen LogP contribution in [0.1, 0.15) is 92.0 Å². The van der Waals surface area contributed by atoms with Gasteiger partial charge in [-0.1, -0.05) is 0 Å². The van der Waals surface area contributed by atoms with Crippen molar-refractivity contribution in [1.82, 2.24) is 9.46 Å². The number of epoxide rings is 5. The molecular formula is C71H92N3O16P3. The van der Waals surface area contributed by atoms with Crippen molar-refractivity contribution < 1.29 is 74.8 Å². The first-order valence-corrected chi connectivity index (χ1v) is 37.9. The summed E-state index contributed by atoms with van der Waals surface area (Å²) in [4.78, 5) is 11.6. The van der Waals surface area contributed by atoms with E-state index in [2.05, 4.69) is 35.2 Å². The molecule has 502 valence electrons. The molecule has 6 aromatic carbocycles. The van der Waals surface area contributed by atoms with Crippen LogP contribution in [0.25, 0.3) is 0 Å². The van der Waals surface area contributed by atoms with Crippen molar-refractivity contribution in [3.63, 3.8) is 0 Å². The Morgan fingerprint density at radius 3 is 0.968 bits per heavy atom. The number of hydrogen-bond acceptors (Lipinski definition) is 19. The van der Waals surface area contributed by atoms with Gasteiger partial charge < -0.3 is 9.47 Å². The van der Waals surface area contributed by atoms with Crippen molar-refractivity contribution in [2.75, 3.05) is 99.1 Å². The molecule has 0 amide bonds. The summed E-state index contributed by atoms with van der Waals surface area (Å²) in [6.45, 7) is 9.76. The van der Waals surface area contributed by atoms with E-state index >= 15 is 0 Å². The third-order valence-corrected chi connectivity index (χ3v) is 24.9. The van der Waals surface area contributed by atoms with Crippen LogP contribution in [0.3, 0.4) is 0 Å². The number of aryl methyl sites for hydroxylation is 5. The fourth-order valence-corrected chi connectivity index (χ4v) is 20.3. The Morgan fingerprint density at radius 1 is 0.376 bits per heavy atom. The van der Waals surface area contributed by atoms with Crippen LogP contribution in [0, 0.1) is 0 Å². The SMILES string of the molecule is c1ccc(ON2P(Oc3ccccc3CCCCOCC3CO3)(Oc3ccccc3CCCCOCC3CO3)=NPNP2(Oc2ccccc2CCCCOCC2CO2)(Oc2ccccc2CCCCOCC2CO2)Oc2ccccc2CCCCOCC2CO2)cc1.